The van der Waals surface area contributed by atoms with Crippen LogP contribution in [-0.2, 0) is 0 Å². The second-order valence-electron chi connectivity index (χ2n) is 5.95. The first-order chi connectivity index (χ1) is 12.1. The molecule has 1 aliphatic rings. The van der Waals surface area contributed by atoms with E-state index in [1.54, 1.807) is 47.1 Å². The lowest BCUT2D eigenvalue weighted by molar-refractivity contribution is 0.0713. The Balaban J connectivity index is 1.68. The molecule has 0 N–H and O–H groups in total. The van der Waals surface area contributed by atoms with Gasteiger partial charge in [-0.15, -0.1) is 0 Å². The van der Waals surface area contributed by atoms with Crippen LogP contribution in [0.4, 0.5) is 0 Å². The average molecular weight is 338 g/mol. The van der Waals surface area contributed by atoms with Crippen molar-refractivity contribution in [2.45, 2.75) is 13.3 Å². The largest absolute Gasteiger partial charge is 0.361 e. The van der Waals surface area contributed by atoms with Crippen LogP contribution in [0.3, 0.4) is 0 Å². The summed E-state index contributed by atoms with van der Waals surface area (Å²) >= 11 is 0. The zero-order valence-corrected chi connectivity index (χ0v) is 13.9. The van der Waals surface area contributed by atoms with Gasteiger partial charge >= 0.3 is 0 Å². The van der Waals surface area contributed by atoms with Crippen LogP contribution in [0.5, 0.6) is 0 Å². The minimum absolute atomic E-state index is 0.122. The summed E-state index contributed by atoms with van der Waals surface area (Å²) in [6.07, 6.45) is 0.687. The number of carbonyl (C=O) groups excluding carboxylic acids is 2. The number of amides is 2. The summed E-state index contributed by atoms with van der Waals surface area (Å²) < 4.78 is 4.96. The molecule has 0 unspecified atom stereocenters. The molecule has 1 aromatic carbocycles. The fourth-order valence-electron chi connectivity index (χ4n) is 2.86. The topological polar surface area (TPSA) is 90.4 Å². The van der Waals surface area contributed by atoms with Gasteiger partial charge in [0.15, 0.2) is 5.69 Å². The Morgan fingerprint density at radius 1 is 1.12 bits per heavy atom. The molecule has 0 radical (unpaired) electrons. The van der Waals surface area contributed by atoms with E-state index in [4.69, 9.17) is 9.78 Å². The van der Waals surface area contributed by atoms with Crippen LogP contribution in [-0.4, -0.2) is 52.9 Å². The van der Waals surface area contributed by atoms with Crippen molar-refractivity contribution < 1.29 is 14.1 Å². The molecule has 25 heavy (non-hydrogen) atoms. The molecule has 0 atom stereocenters. The third-order valence-corrected chi connectivity index (χ3v) is 4.16. The van der Waals surface area contributed by atoms with Crippen molar-refractivity contribution in [3.05, 3.63) is 52.9 Å². The van der Waals surface area contributed by atoms with E-state index in [1.165, 1.54) is 0 Å². The van der Waals surface area contributed by atoms with Gasteiger partial charge in [-0.2, -0.15) is 5.26 Å². The number of hydrogen-bond acceptors (Lipinski definition) is 5. The van der Waals surface area contributed by atoms with Gasteiger partial charge in [-0.3, -0.25) is 9.59 Å². The van der Waals surface area contributed by atoms with Crippen LogP contribution in [0.25, 0.3) is 0 Å². The maximum absolute atomic E-state index is 12.7. The molecule has 128 valence electrons. The standard InChI is InChI=1S/C18H18N4O3/c1-13-10-16(20-25-13)18(24)22-7-3-6-21(8-9-22)17(23)15-5-2-4-14(11-15)12-19/h2,4-5,10-11H,3,6-9H2,1H3. The molecule has 1 aliphatic heterocycles. The molecular weight excluding hydrogens is 320 g/mol. The highest BCUT2D eigenvalue weighted by molar-refractivity contribution is 5.95. The number of benzene rings is 1. The molecule has 0 aliphatic carbocycles. The van der Waals surface area contributed by atoms with E-state index < -0.39 is 0 Å². The zero-order chi connectivity index (χ0) is 17.8. The number of hydrogen-bond donors (Lipinski definition) is 0. The van der Waals surface area contributed by atoms with Crippen molar-refractivity contribution >= 4 is 11.8 Å². The Kier molecular flexibility index (Phi) is 4.80. The molecule has 3 rings (SSSR count). The van der Waals surface area contributed by atoms with Crippen molar-refractivity contribution in [1.29, 1.82) is 5.26 Å². The minimum Gasteiger partial charge on any atom is -0.361 e. The van der Waals surface area contributed by atoms with Crippen molar-refractivity contribution in [2.75, 3.05) is 26.2 Å². The number of nitrogens with zero attached hydrogens (tertiary/aromatic N) is 4. The van der Waals surface area contributed by atoms with Gasteiger partial charge in [-0.25, -0.2) is 0 Å². The van der Waals surface area contributed by atoms with Gasteiger partial charge in [0.25, 0.3) is 11.8 Å². The molecule has 7 nitrogen and oxygen atoms in total. The van der Waals surface area contributed by atoms with E-state index in [1.807, 2.05) is 6.07 Å². The Labute approximate surface area is 145 Å². The van der Waals surface area contributed by atoms with Crippen molar-refractivity contribution in [3.8, 4) is 6.07 Å². The van der Waals surface area contributed by atoms with E-state index in [-0.39, 0.29) is 11.8 Å². The molecule has 2 aromatic rings. The fourth-order valence-corrected chi connectivity index (χ4v) is 2.86. The highest BCUT2D eigenvalue weighted by Crippen LogP contribution is 2.13. The van der Waals surface area contributed by atoms with Gasteiger partial charge in [-0.05, 0) is 31.5 Å². The molecular formula is C18H18N4O3. The molecule has 1 aromatic heterocycles. The number of aryl methyl sites for hydroxylation is 1. The summed E-state index contributed by atoms with van der Waals surface area (Å²) in [6.45, 7) is 3.75. The maximum Gasteiger partial charge on any atom is 0.276 e. The summed E-state index contributed by atoms with van der Waals surface area (Å²) in [7, 11) is 0. The van der Waals surface area contributed by atoms with Crippen LogP contribution in [0.2, 0.25) is 0 Å². The van der Waals surface area contributed by atoms with Crippen LogP contribution >= 0.6 is 0 Å². The van der Waals surface area contributed by atoms with Crippen LogP contribution in [0.15, 0.2) is 34.9 Å². The first-order valence-electron chi connectivity index (χ1n) is 8.10. The van der Waals surface area contributed by atoms with Crippen molar-refractivity contribution in [3.63, 3.8) is 0 Å². The highest BCUT2D eigenvalue weighted by Gasteiger charge is 2.25. The normalized spacial score (nSPS) is 14.7. The van der Waals surface area contributed by atoms with E-state index in [9.17, 15) is 9.59 Å². The first-order valence-corrected chi connectivity index (χ1v) is 8.10. The monoisotopic (exact) mass is 338 g/mol. The van der Waals surface area contributed by atoms with Crippen LogP contribution in [0, 0.1) is 18.3 Å². The van der Waals surface area contributed by atoms with E-state index in [0.717, 1.165) is 0 Å². The Hall–Kier alpha value is -3.14. The second kappa shape index (κ2) is 7.18. The fraction of sp³-hybridized carbons (Fsp3) is 0.333. The minimum atomic E-state index is -0.183. The van der Waals surface area contributed by atoms with Gasteiger partial charge in [-0.1, -0.05) is 11.2 Å². The van der Waals surface area contributed by atoms with E-state index in [2.05, 4.69) is 5.16 Å². The molecule has 1 fully saturated rings. The number of nitriles is 1. The zero-order valence-electron chi connectivity index (χ0n) is 13.9. The van der Waals surface area contributed by atoms with Gasteiger partial charge < -0.3 is 14.3 Å². The van der Waals surface area contributed by atoms with Crippen molar-refractivity contribution in [2.24, 2.45) is 0 Å². The summed E-state index contributed by atoms with van der Waals surface area (Å²) in [5.41, 5.74) is 1.24. The molecule has 7 heteroatoms. The third kappa shape index (κ3) is 3.69. The lowest BCUT2D eigenvalue weighted by Gasteiger charge is -2.21. The summed E-state index contributed by atoms with van der Waals surface area (Å²) in [4.78, 5) is 28.5. The molecule has 0 bridgehead atoms. The lowest BCUT2D eigenvalue weighted by atomic mass is 10.1. The average Bonchev–Trinajstić information content (AvgIpc) is 2.93. The molecule has 0 saturated carbocycles. The highest BCUT2D eigenvalue weighted by atomic mass is 16.5. The Bertz CT molecular complexity index is 837. The van der Waals surface area contributed by atoms with E-state index >= 15 is 0 Å². The second-order valence-corrected chi connectivity index (χ2v) is 5.95. The third-order valence-electron chi connectivity index (χ3n) is 4.16. The molecule has 0 spiro atoms. The predicted molar refractivity (Wildman–Crippen MR) is 88.8 cm³/mol. The molecule has 2 amide bonds. The summed E-state index contributed by atoms with van der Waals surface area (Å²) in [6, 6.07) is 10.3. The number of aromatic nitrogens is 1. The smallest absolute Gasteiger partial charge is 0.276 e. The van der Waals surface area contributed by atoms with Crippen molar-refractivity contribution in [1.82, 2.24) is 15.0 Å². The number of carbonyl (C=O) groups is 2. The quantitative estimate of drug-likeness (QED) is 0.833. The van der Waals surface area contributed by atoms with E-state index in [0.29, 0.717) is 55.2 Å². The Morgan fingerprint density at radius 2 is 1.84 bits per heavy atom. The SMILES string of the molecule is Cc1cc(C(=O)N2CCCN(C(=O)c3cccc(C#N)c3)CC2)no1. The molecule has 2 heterocycles. The number of rotatable bonds is 2. The lowest BCUT2D eigenvalue weighted by Crippen LogP contribution is -2.37. The first kappa shape index (κ1) is 16.7. The maximum atomic E-state index is 12.7. The van der Waals surface area contributed by atoms with Crippen LogP contribution < -0.4 is 0 Å². The van der Waals surface area contributed by atoms with Gasteiger partial charge in [0, 0.05) is 37.8 Å². The van der Waals surface area contributed by atoms with Gasteiger partial charge in [0.05, 0.1) is 11.6 Å². The Morgan fingerprint density at radius 3 is 2.48 bits per heavy atom. The van der Waals surface area contributed by atoms with Crippen LogP contribution in [0.1, 0.15) is 38.6 Å². The molecule has 1 saturated heterocycles. The van der Waals surface area contributed by atoms with Gasteiger partial charge in [0.2, 0.25) is 0 Å². The summed E-state index contributed by atoms with van der Waals surface area (Å²) in [5.74, 6) is 0.286. The summed E-state index contributed by atoms with van der Waals surface area (Å²) in [5, 5.41) is 12.7. The predicted octanol–water partition coefficient (Wildman–Crippen LogP) is 1.84. The van der Waals surface area contributed by atoms with Gasteiger partial charge in [0.1, 0.15) is 5.76 Å².